The Labute approximate surface area is 118 Å². The summed E-state index contributed by atoms with van der Waals surface area (Å²) in [6, 6.07) is 9.93. The number of halogens is 1. The van der Waals surface area contributed by atoms with Gasteiger partial charge in [0, 0.05) is 36.1 Å². The third kappa shape index (κ3) is 3.02. The van der Waals surface area contributed by atoms with Crippen molar-refractivity contribution in [2.24, 2.45) is 0 Å². The number of aromatic hydroxyl groups is 1. The van der Waals surface area contributed by atoms with Gasteiger partial charge in [-0.25, -0.2) is 4.39 Å². The van der Waals surface area contributed by atoms with Crippen LogP contribution in [0.5, 0.6) is 5.75 Å². The van der Waals surface area contributed by atoms with Gasteiger partial charge in [0.2, 0.25) is 0 Å². The van der Waals surface area contributed by atoms with Gasteiger partial charge in [-0.1, -0.05) is 12.1 Å². The van der Waals surface area contributed by atoms with Crippen molar-refractivity contribution >= 4 is 11.4 Å². The first-order chi connectivity index (χ1) is 9.51. The number of nitrogens with two attached hydrogens (primary N) is 1. The fourth-order valence-corrected chi connectivity index (χ4v) is 2.20. The van der Waals surface area contributed by atoms with Crippen LogP contribution in [0.25, 0.3) is 0 Å². The fourth-order valence-electron chi connectivity index (χ4n) is 2.20. The average molecular weight is 274 g/mol. The van der Waals surface area contributed by atoms with Crippen molar-refractivity contribution in [2.75, 3.05) is 17.2 Å². The lowest BCUT2D eigenvalue weighted by molar-refractivity contribution is 0.475. The van der Waals surface area contributed by atoms with Crippen molar-refractivity contribution < 1.29 is 9.50 Å². The largest absolute Gasteiger partial charge is 0.508 e. The van der Waals surface area contributed by atoms with E-state index in [2.05, 4.69) is 0 Å². The van der Waals surface area contributed by atoms with Gasteiger partial charge in [-0.15, -0.1) is 0 Å². The maximum Gasteiger partial charge on any atom is 0.130 e. The van der Waals surface area contributed by atoms with Crippen LogP contribution in [0, 0.1) is 12.7 Å². The quantitative estimate of drug-likeness (QED) is 0.840. The highest BCUT2D eigenvalue weighted by atomic mass is 19.1. The lowest BCUT2D eigenvalue weighted by Crippen LogP contribution is -2.23. The fraction of sp³-hybridized carbons (Fsp3) is 0.250. The van der Waals surface area contributed by atoms with Crippen LogP contribution in [0.2, 0.25) is 0 Å². The van der Waals surface area contributed by atoms with Crippen molar-refractivity contribution in [2.45, 2.75) is 20.4 Å². The molecule has 0 fully saturated rings. The summed E-state index contributed by atoms with van der Waals surface area (Å²) < 4.78 is 13.9. The molecule has 0 spiro atoms. The van der Waals surface area contributed by atoms with Gasteiger partial charge in [-0.2, -0.15) is 0 Å². The van der Waals surface area contributed by atoms with Gasteiger partial charge < -0.3 is 15.7 Å². The van der Waals surface area contributed by atoms with E-state index in [1.54, 1.807) is 24.3 Å². The zero-order valence-electron chi connectivity index (χ0n) is 11.7. The van der Waals surface area contributed by atoms with Crippen LogP contribution < -0.4 is 10.6 Å². The Bertz CT molecular complexity index is 613. The molecule has 0 unspecified atom stereocenters. The Hall–Kier alpha value is -2.23. The molecule has 3 nitrogen and oxygen atoms in total. The minimum atomic E-state index is -0.304. The number of rotatable bonds is 4. The summed E-state index contributed by atoms with van der Waals surface area (Å²) in [5, 5.41) is 9.62. The molecule has 106 valence electrons. The second kappa shape index (κ2) is 5.82. The van der Waals surface area contributed by atoms with Gasteiger partial charge >= 0.3 is 0 Å². The number of nitrogen functional groups attached to an aromatic ring is 1. The number of aryl methyl sites for hydroxylation is 1. The number of nitrogens with zero attached hydrogens (tertiary/aromatic N) is 1. The van der Waals surface area contributed by atoms with Crippen molar-refractivity contribution in [1.82, 2.24) is 0 Å². The molecule has 2 aromatic carbocycles. The summed E-state index contributed by atoms with van der Waals surface area (Å²) in [6.45, 7) is 5.12. The van der Waals surface area contributed by atoms with Crippen LogP contribution in [-0.4, -0.2) is 11.7 Å². The van der Waals surface area contributed by atoms with E-state index in [0.29, 0.717) is 24.3 Å². The van der Waals surface area contributed by atoms with Gasteiger partial charge in [0.1, 0.15) is 11.6 Å². The molecule has 3 N–H and O–H groups in total. The molecule has 0 aliphatic heterocycles. The van der Waals surface area contributed by atoms with Crippen LogP contribution in [-0.2, 0) is 6.54 Å². The standard InChI is InChI=1S/C16H19FN2O/c1-3-19(16-9-14(20)7-4-11(16)2)10-12-5-6-13(18)8-15(12)17/h4-9,20H,3,10,18H2,1-2H3. The van der Waals surface area contributed by atoms with Gasteiger partial charge in [-0.05, 0) is 37.6 Å². The van der Waals surface area contributed by atoms with E-state index >= 15 is 0 Å². The van der Waals surface area contributed by atoms with Crippen molar-refractivity contribution in [3.05, 3.63) is 53.3 Å². The minimum Gasteiger partial charge on any atom is -0.508 e. The van der Waals surface area contributed by atoms with E-state index in [1.807, 2.05) is 24.8 Å². The topological polar surface area (TPSA) is 49.5 Å². The van der Waals surface area contributed by atoms with Crippen LogP contribution in [0.4, 0.5) is 15.8 Å². The summed E-state index contributed by atoms with van der Waals surface area (Å²) in [7, 11) is 0. The van der Waals surface area contributed by atoms with Crippen LogP contribution >= 0.6 is 0 Å². The van der Waals surface area contributed by atoms with E-state index in [4.69, 9.17) is 5.73 Å². The number of phenols is 1. The summed E-state index contributed by atoms with van der Waals surface area (Å²) in [4.78, 5) is 2.02. The van der Waals surface area contributed by atoms with E-state index < -0.39 is 0 Å². The molecule has 2 rings (SSSR count). The number of phenolic OH excluding ortho intramolecular Hbond substituents is 1. The van der Waals surface area contributed by atoms with Crippen LogP contribution in [0.3, 0.4) is 0 Å². The van der Waals surface area contributed by atoms with Gasteiger partial charge in [0.05, 0.1) is 0 Å². The predicted molar refractivity (Wildman–Crippen MR) is 80.4 cm³/mol. The molecule has 0 amide bonds. The van der Waals surface area contributed by atoms with E-state index in [0.717, 1.165) is 11.3 Å². The summed E-state index contributed by atoms with van der Waals surface area (Å²) in [6.07, 6.45) is 0. The maximum atomic E-state index is 13.9. The Balaban J connectivity index is 2.31. The lowest BCUT2D eigenvalue weighted by atomic mass is 10.1. The molecule has 20 heavy (non-hydrogen) atoms. The molecule has 0 aliphatic rings. The van der Waals surface area contributed by atoms with Crippen LogP contribution in [0.1, 0.15) is 18.1 Å². The molecule has 0 radical (unpaired) electrons. The molecule has 0 saturated heterocycles. The van der Waals surface area contributed by atoms with Crippen molar-refractivity contribution in [3.63, 3.8) is 0 Å². The molecule has 0 heterocycles. The van der Waals surface area contributed by atoms with Gasteiger partial charge in [0.15, 0.2) is 0 Å². The van der Waals surface area contributed by atoms with E-state index in [-0.39, 0.29) is 11.6 Å². The van der Waals surface area contributed by atoms with E-state index in [1.165, 1.54) is 6.07 Å². The summed E-state index contributed by atoms with van der Waals surface area (Å²) in [5.41, 5.74) is 8.51. The predicted octanol–water partition coefficient (Wildman–Crippen LogP) is 3.45. The zero-order valence-corrected chi connectivity index (χ0v) is 11.7. The Morgan fingerprint density at radius 1 is 1.20 bits per heavy atom. The highest BCUT2D eigenvalue weighted by Gasteiger charge is 2.12. The second-order valence-corrected chi connectivity index (χ2v) is 4.84. The summed E-state index contributed by atoms with van der Waals surface area (Å²) >= 11 is 0. The molecule has 0 atom stereocenters. The maximum absolute atomic E-state index is 13.9. The third-order valence-corrected chi connectivity index (χ3v) is 3.35. The smallest absolute Gasteiger partial charge is 0.130 e. The number of hydrogen-bond acceptors (Lipinski definition) is 3. The van der Waals surface area contributed by atoms with Crippen LogP contribution in [0.15, 0.2) is 36.4 Å². The number of anilines is 2. The minimum absolute atomic E-state index is 0.210. The molecular weight excluding hydrogens is 255 g/mol. The first kappa shape index (κ1) is 14.2. The van der Waals surface area contributed by atoms with E-state index in [9.17, 15) is 9.50 Å². The third-order valence-electron chi connectivity index (χ3n) is 3.35. The number of hydrogen-bond donors (Lipinski definition) is 2. The summed E-state index contributed by atoms with van der Waals surface area (Å²) in [5.74, 6) is -0.0944. The molecule has 0 aromatic heterocycles. The molecule has 0 saturated carbocycles. The first-order valence-corrected chi connectivity index (χ1v) is 6.59. The van der Waals surface area contributed by atoms with Gasteiger partial charge in [0.25, 0.3) is 0 Å². The molecule has 2 aromatic rings. The molecule has 0 aliphatic carbocycles. The monoisotopic (exact) mass is 274 g/mol. The van der Waals surface area contributed by atoms with Gasteiger partial charge in [-0.3, -0.25) is 0 Å². The SMILES string of the molecule is CCN(Cc1ccc(N)cc1F)c1cc(O)ccc1C. The normalized spacial score (nSPS) is 10.6. The second-order valence-electron chi connectivity index (χ2n) is 4.84. The lowest BCUT2D eigenvalue weighted by Gasteiger charge is -2.25. The molecular formula is C16H19FN2O. The number of benzene rings is 2. The average Bonchev–Trinajstić information content (AvgIpc) is 2.41. The Morgan fingerprint density at radius 2 is 1.95 bits per heavy atom. The first-order valence-electron chi connectivity index (χ1n) is 6.59. The zero-order chi connectivity index (χ0) is 14.7. The highest BCUT2D eigenvalue weighted by molar-refractivity contribution is 5.57. The molecule has 0 bridgehead atoms. The molecule has 4 heteroatoms. The Kier molecular flexibility index (Phi) is 4.13. The Morgan fingerprint density at radius 3 is 2.60 bits per heavy atom. The van der Waals surface area contributed by atoms with Crippen molar-refractivity contribution in [1.29, 1.82) is 0 Å². The van der Waals surface area contributed by atoms with Crippen molar-refractivity contribution in [3.8, 4) is 5.75 Å². The highest BCUT2D eigenvalue weighted by Crippen LogP contribution is 2.27.